The lowest BCUT2D eigenvalue weighted by atomic mass is 9.93. The topological polar surface area (TPSA) is 29.9 Å². The first kappa shape index (κ1) is 11.2. The van der Waals surface area contributed by atoms with Crippen molar-refractivity contribution in [3.8, 4) is 0 Å². The van der Waals surface area contributed by atoms with Gasteiger partial charge in [-0.3, -0.25) is 4.68 Å². The number of rotatable bonds is 4. The molecule has 0 saturated heterocycles. The highest BCUT2D eigenvalue weighted by atomic mass is 15.3. The first-order chi connectivity index (χ1) is 6.60. The van der Waals surface area contributed by atoms with E-state index in [1.807, 2.05) is 18.8 Å². The van der Waals surface area contributed by atoms with Crippen molar-refractivity contribution in [1.82, 2.24) is 15.1 Å². The van der Waals surface area contributed by atoms with Gasteiger partial charge in [-0.15, -0.1) is 0 Å². The minimum Gasteiger partial charge on any atom is -0.313 e. The van der Waals surface area contributed by atoms with Gasteiger partial charge in [0, 0.05) is 24.8 Å². The molecule has 80 valence electrons. The zero-order valence-corrected chi connectivity index (χ0v) is 9.83. The molecule has 0 aliphatic heterocycles. The monoisotopic (exact) mass is 195 g/mol. The molecular weight excluding hydrogens is 174 g/mol. The van der Waals surface area contributed by atoms with Crippen molar-refractivity contribution in [3.63, 3.8) is 0 Å². The van der Waals surface area contributed by atoms with E-state index in [-0.39, 0.29) is 0 Å². The molecular formula is C11H21N3. The normalized spacial score (nSPS) is 15.5. The van der Waals surface area contributed by atoms with E-state index in [2.05, 4.69) is 37.4 Å². The lowest BCUT2D eigenvalue weighted by molar-refractivity contribution is 0.399. The van der Waals surface area contributed by atoms with Crippen LogP contribution in [0.3, 0.4) is 0 Å². The largest absolute Gasteiger partial charge is 0.313 e. The minimum atomic E-state index is 0.425. The number of hydrogen-bond acceptors (Lipinski definition) is 2. The first-order valence-electron chi connectivity index (χ1n) is 5.27. The van der Waals surface area contributed by atoms with Crippen LogP contribution in [0.15, 0.2) is 6.20 Å². The van der Waals surface area contributed by atoms with Crippen molar-refractivity contribution in [1.29, 1.82) is 0 Å². The van der Waals surface area contributed by atoms with Gasteiger partial charge in [0.25, 0.3) is 0 Å². The number of hydrogen-bond donors (Lipinski definition) is 1. The summed E-state index contributed by atoms with van der Waals surface area (Å²) in [6.45, 7) is 6.57. The lowest BCUT2D eigenvalue weighted by Crippen LogP contribution is -2.23. The number of aromatic nitrogens is 2. The van der Waals surface area contributed by atoms with Gasteiger partial charge in [-0.05, 0) is 19.9 Å². The van der Waals surface area contributed by atoms with Gasteiger partial charge in [0.15, 0.2) is 0 Å². The fraction of sp³-hybridized carbons (Fsp3) is 0.727. The summed E-state index contributed by atoms with van der Waals surface area (Å²) in [7, 11) is 3.99. The van der Waals surface area contributed by atoms with Crippen LogP contribution in [-0.2, 0) is 7.05 Å². The quantitative estimate of drug-likeness (QED) is 0.796. The molecule has 0 amide bonds. The molecule has 1 heterocycles. The van der Waals surface area contributed by atoms with Crippen molar-refractivity contribution >= 4 is 0 Å². The summed E-state index contributed by atoms with van der Waals surface area (Å²) < 4.78 is 1.89. The Kier molecular flexibility index (Phi) is 3.69. The smallest absolute Gasteiger partial charge is 0.0641 e. The highest BCUT2D eigenvalue weighted by Gasteiger charge is 2.19. The van der Waals surface area contributed by atoms with Gasteiger partial charge in [-0.25, -0.2) is 0 Å². The zero-order chi connectivity index (χ0) is 10.7. The van der Waals surface area contributed by atoms with Gasteiger partial charge < -0.3 is 5.32 Å². The van der Waals surface area contributed by atoms with Crippen molar-refractivity contribution in [2.45, 2.75) is 33.2 Å². The number of aryl methyl sites for hydroxylation is 2. The van der Waals surface area contributed by atoms with E-state index >= 15 is 0 Å². The number of nitrogens with one attached hydrogen (secondary N) is 1. The summed E-state index contributed by atoms with van der Waals surface area (Å²) in [4.78, 5) is 0. The van der Waals surface area contributed by atoms with Crippen LogP contribution in [0.5, 0.6) is 0 Å². The summed E-state index contributed by atoms with van der Waals surface area (Å²) in [6.07, 6.45) is 3.29. The number of nitrogens with zero attached hydrogens (tertiary/aromatic N) is 2. The predicted octanol–water partition coefficient (Wildman–Crippen LogP) is 2.04. The van der Waals surface area contributed by atoms with Crippen molar-refractivity contribution in [2.24, 2.45) is 13.0 Å². The first-order valence-corrected chi connectivity index (χ1v) is 5.27. The summed E-state index contributed by atoms with van der Waals surface area (Å²) in [6, 6.07) is 0.425. The van der Waals surface area contributed by atoms with E-state index in [9.17, 15) is 0 Å². The molecule has 1 aromatic rings. The third-order valence-electron chi connectivity index (χ3n) is 2.91. The highest BCUT2D eigenvalue weighted by molar-refractivity contribution is 5.20. The maximum absolute atomic E-state index is 4.37. The minimum absolute atomic E-state index is 0.425. The second-order valence-corrected chi connectivity index (χ2v) is 4.00. The fourth-order valence-electron chi connectivity index (χ4n) is 1.91. The van der Waals surface area contributed by atoms with E-state index in [1.54, 1.807) is 0 Å². The second-order valence-electron chi connectivity index (χ2n) is 4.00. The molecule has 0 bridgehead atoms. The van der Waals surface area contributed by atoms with Crippen molar-refractivity contribution < 1.29 is 0 Å². The van der Waals surface area contributed by atoms with E-state index in [0.29, 0.717) is 12.0 Å². The Morgan fingerprint density at radius 2 is 2.21 bits per heavy atom. The maximum atomic E-state index is 4.37. The highest BCUT2D eigenvalue weighted by Crippen LogP contribution is 2.25. The van der Waals surface area contributed by atoms with Crippen LogP contribution in [0.25, 0.3) is 0 Å². The summed E-state index contributed by atoms with van der Waals surface area (Å²) >= 11 is 0. The van der Waals surface area contributed by atoms with Crippen molar-refractivity contribution in [2.75, 3.05) is 7.05 Å². The Morgan fingerprint density at radius 3 is 2.57 bits per heavy atom. The van der Waals surface area contributed by atoms with Crippen molar-refractivity contribution in [3.05, 3.63) is 17.5 Å². The third kappa shape index (κ3) is 2.15. The lowest BCUT2D eigenvalue weighted by Gasteiger charge is -2.21. The third-order valence-corrected chi connectivity index (χ3v) is 2.91. The van der Waals surface area contributed by atoms with Gasteiger partial charge in [0.1, 0.15) is 0 Å². The van der Waals surface area contributed by atoms with Gasteiger partial charge in [0.05, 0.1) is 5.69 Å². The zero-order valence-electron chi connectivity index (χ0n) is 9.83. The Morgan fingerprint density at radius 1 is 1.57 bits per heavy atom. The molecule has 2 atom stereocenters. The molecule has 3 nitrogen and oxygen atoms in total. The summed E-state index contributed by atoms with van der Waals surface area (Å²) in [5, 5.41) is 7.74. The summed E-state index contributed by atoms with van der Waals surface area (Å²) in [5.74, 6) is 0.642. The molecule has 3 heteroatoms. The maximum Gasteiger partial charge on any atom is 0.0641 e. The van der Waals surface area contributed by atoms with Crippen LogP contribution in [0, 0.1) is 12.8 Å². The van der Waals surface area contributed by atoms with E-state index in [4.69, 9.17) is 0 Å². The molecule has 0 saturated carbocycles. The van der Waals surface area contributed by atoms with Crippen LogP contribution in [0.1, 0.15) is 37.6 Å². The molecule has 0 aliphatic rings. The van der Waals surface area contributed by atoms with Gasteiger partial charge in [-0.1, -0.05) is 20.3 Å². The Labute approximate surface area is 86.5 Å². The van der Waals surface area contributed by atoms with Crippen LogP contribution in [0.4, 0.5) is 0 Å². The average Bonchev–Trinajstić information content (AvgIpc) is 2.47. The fourth-order valence-corrected chi connectivity index (χ4v) is 1.91. The molecule has 0 spiro atoms. The van der Waals surface area contributed by atoms with Crippen LogP contribution >= 0.6 is 0 Å². The molecule has 0 radical (unpaired) electrons. The van der Waals surface area contributed by atoms with Gasteiger partial charge in [0.2, 0.25) is 0 Å². The van der Waals surface area contributed by atoms with Gasteiger partial charge in [-0.2, -0.15) is 5.10 Å². The molecule has 1 rings (SSSR count). The SMILES string of the molecule is CCC(C)C(NC)c1cn(C)nc1C. The van der Waals surface area contributed by atoms with E-state index in [0.717, 1.165) is 5.69 Å². The Hall–Kier alpha value is -0.830. The molecule has 1 N–H and O–H groups in total. The van der Waals surface area contributed by atoms with Crippen LogP contribution in [-0.4, -0.2) is 16.8 Å². The second kappa shape index (κ2) is 4.60. The molecule has 0 fully saturated rings. The molecule has 1 aromatic heterocycles. The molecule has 0 aliphatic carbocycles. The average molecular weight is 195 g/mol. The standard InChI is InChI=1S/C11H21N3/c1-6-8(2)11(12-4)10-7-14(5)13-9(10)3/h7-8,11-12H,6H2,1-5H3. The summed E-state index contributed by atoms with van der Waals surface area (Å²) in [5.41, 5.74) is 2.46. The molecule has 2 unspecified atom stereocenters. The Balaban J connectivity index is 2.94. The predicted molar refractivity (Wildman–Crippen MR) is 59.2 cm³/mol. The van der Waals surface area contributed by atoms with Crippen LogP contribution in [0.2, 0.25) is 0 Å². The van der Waals surface area contributed by atoms with Gasteiger partial charge >= 0.3 is 0 Å². The van der Waals surface area contributed by atoms with Crippen LogP contribution < -0.4 is 5.32 Å². The Bertz CT molecular complexity index is 291. The molecule has 14 heavy (non-hydrogen) atoms. The van der Waals surface area contributed by atoms with E-state index in [1.165, 1.54) is 12.0 Å². The molecule has 0 aromatic carbocycles. The van der Waals surface area contributed by atoms with E-state index < -0.39 is 0 Å².